The summed E-state index contributed by atoms with van der Waals surface area (Å²) in [6.07, 6.45) is 2.44. The number of fused-ring (bicyclic) bond motifs is 1. The highest BCUT2D eigenvalue weighted by Crippen LogP contribution is 2.40. The van der Waals surface area contributed by atoms with Crippen LogP contribution in [0.4, 0.5) is 11.6 Å². The summed E-state index contributed by atoms with van der Waals surface area (Å²) in [6.45, 7) is 8.51. The number of aromatic amines is 1. The molecule has 9 heteroatoms. The predicted molar refractivity (Wildman–Crippen MR) is 124 cm³/mol. The first-order valence-electron chi connectivity index (χ1n) is 10.3. The number of aromatic nitrogens is 3. The Hall–Kier alpha value is -2.16. The van der Waals surface area contributed by atoms with Crippen molar-refractivity contribution in [3.63, 3.8) is 0 Å². The van der Waals surface area contributed by atoms with E-state index in [-0.39, 0.29) is 24.4 Å². The minimum atomic E-state index is 0. The molecule has 1 amide bonds. The van der Waals surface area contributed by atoms with Gasteiger partial charge in [0, 0.05) is 53.4 Å². The maximum absolute atomic E-state index is 13.4. The fraction of sp³-hybridized carbons (Fsp3) is 0.476. The van der Waals surface area contributed by atoms with Gasteiger partial charge in [-0.1, -0.05) is 0 Å². The van der Waals surface area contributed by atoms with Crippen LogP contribution in [0.3, 0.4) is 0 Å². The molecular weight excluding hydrogens is 420 g/mol. The Labute approximate surface area is 186 Å². The number of hydrogen-bond acceptors (Lipinski definition) is 6. The van der Waals surface area contributed by atoms with Crippen LogP contribution in [0.5, 0.6) is 0 Å². The summed E-state index contributed by atoms with van der Waals surface area (Å²) in [5.74, 6) is 2.08. The quantitative estimate of drug-likeness (QED) is 0.561. The van der Waals surface area contributed by atoms with Gasteiger partial charge in [-0.2, -0.15) is 5.10 Å². The summed E-state index contributed by atoms with van der Waals surface area (Å²) < 4.78 is 1.11. The van der Waals surface area contributed by atoms with Crippen molar-refractivity contribution < 1.29 is 4.79 Å². The second-order valence-corrected chi connectivity index (χ2v) is 9.10. The third-order valence-electron chi connectivity index (χ3n) is 5.96. The van der Waals surface area contributed by atoms with E-state index in [1.807, 2.05) is 11.8 Å². The van der Waals surface area contributed by atoms with Gasteiger partial charge >= 0.3 is 0 Å². The highest BCUT2D eigenvalue weighted by molar-refractivity contribution is 7.17. The van der Waals surface area contributed by atoms with Gasteiger partial charge in [0.2, 0.25) is 0 Å². The molecule has 0 unspecified atom stereocenters. The standard InChI is InChI=1S/C21H26N6OS.ClH/c1-11-10-29-19-13(3)18(21(28)27-7-6-22-9-12(27)2)24-20(17(11)19)23-16-8-15(25-26-16)14-4-5-14;/h8,10,12,14,22H,4-7,9H2,1-3H3,(H2,23,24,25,26);1H/t12-;/m1./s1. The second-order valence-electron chi connectivity index (χ2n) is 8.22. The molecule has 1 atom stereocenters. The number of amides is 1. The molecule has 1 saturated carbocycles. The van der Waals surface area contributed by atoms with Crippen LogP contribution in [-0.2, 0) is 0 Å². The van der Waals surface area contributed by atoms with Gasteiger partial charge in [0.05, 0.1) is 0 Å². The van der Waals surface area contributed by atoms with E-state index in [2.05, 4.69) is 46.1 Å². The topological polar surface area (TPSA) is 85.9 Å². The van der Waals surface area contributed by atoms with E-state index >= 15 is 0 Å². The van der Waals surface area contributed by atoms with Crippen LogP contribution < -0.4 is 10.6 Å². The molecule has 0 aromatic carbocycles. The lowest BCUT2D eigenvalue weighted by Crippen LogP contribution is -2.52. The molecule has 7 nitrogen and oxygen atoms in total. The molecule has 1 aliphatic carbocycles. The second kappa shape index (κ2) is 8.17. The summed E-state index contributed by atoms with van der Waals surface area (Å²) in [5, 5.41) is 17.5. The van der Waals surface area contributed by atoms with Crippen molar-refractivity contribution >= 4 is 51.4 Å². The molecule has 2 aliphatic rings. The molecular formula is C21H27ClN6OS. The number of thiophene rings is 1. The van der Waals surface area contributed by atoms with Crippen LogP contribution in [0.15, 0.2) is 11.4 Å². The van der Waals surface area contributed by atoms with Gasteiger partial charge in [-0.05, 0) is 50.1 Å². The van der Waals surface area contributed by atoms with Crippen molar-refractivity contribution in [3.8, 4) is 0 Å². The Kier molecular flexibility index (Phi) is 5.74. The number of hydrogen-bond donors (Lipinski definition) is 3. The lowest BCUT2D eigenvalue weighted by molar-refractivity contribution is 0.0649. The van der Waals surface area contributed by atoms with Gasteiger partial charge in [0.15, 0.2) is 5.82 Å². The number of rotatable bonds is 4. The number of halogens is 1. The number of piperazine rings is 1. The molecule has 1 saturated heterocycles. The maximum atomic E-state index is 13.4. The fourth-order valence-electron chi connectivity index (χ4n) is 4.08. The minimum Gasteiger partial charge on any atom is -0.332 e. The van der Waals surface area contributed by atoms with Crippen LogP contribution in [0.2, 0.25) is 0 Å². The first-order chi connectivity index (χ1) is 14.0. The third kappa shape index (κ3) is 3.68. The van der Waals surface area contributed by atoms with Crippen LogP contribution in [0, 0.1) is 13.8 Å². The van der Waals surface area contributed by atoms with E-state index in [1.54, 1.807) is 11.3 Å². The molecule has 160 valence electrons. The van der Waals surface area contributed by atoms with Crippen molar-refractivity contribution in [2.45, 2.75) is 45.6 Å². The molecule has 4 heterocycles. The van der Waals surface area contributed by atoms with Crippen LogP contribution in [-0.4, -0.2) is 51.7 Å². The number of nitrogens with one attached hydrogen (secondary N) is 3. The van der Waals surface area contributed by atoms with E-state index < -0.39 is 0 Å². The molecule has 30 heavy (non-hydrogen) atoms. The summed E-state index contributed by atoms with van der Waals surface area (Å²) in [7, 11) is 0. The molecule has 2 fully saturated rings. The van der Waals surface area contributed by atoms with Gasteiger partial charge in [-0.3, -0.25) is 9.89 Å². The van der Waals surface area contributed by atoms with E-state index in [0.717, 1.165) is 40.1 Å². The van der Waals surface area contributed by atoms with E-state index in [0.29, 0.717) is 24.0 Å². The molecule has 3 N–H and O–H groups in total. The average Bonchev–Trinajstić information content (AvgIpc) is 3.33. The Morgan fingerprint density at radius 1 is 1.33 bits per heavy atom. The van der Waals surface area contributed by atoms with E-state index in [1.165, 1.54) is 18.5 Å². The molecule has 3 aromatic rings. The number of carbonyl (C=O) groups excluding carboxylic acids is 1. The first kappa shape index (κ1) is 21.1. The Balaban J connectivity index is 0.00000218. The molecule has 0 bridgehead atoms. The number of anilines is 2. The molecule has 3 aromatic heterocycles. The van der Waals surface area contributed by atoms with Crippen molar-refractivity contribution in [3.05, 3.63) is 34.0 Å². The Morgan fingerprint density at radius 3 is 2.87 bits per heavy atom. The lowest BCUT2D eigenvalue weighted by atomic mass is 10.1. The van der Waals surface area contributed by atoms with Gasteiger partial charge in [-0.25, -0.2) is 4.98 Å². The van der Waals surface area contributed by atoms with Crippen molar-refractivity contribution in [2.75, 3.05) is 25.0 Å². The predicted octanol–water partition coefficient (Wildman–Crippen LogP) is 4.11. The fourth-order valence-corrected chi connectivity index (χ4v) is 5.14. The van der Waals surface area contributed by atoms with Crippen molar-refractivity contribution in [1.82, 2.24) is 25.4 Å². The van der Waals surface area contributed by atoms with Crippen molar-refractivity contribution in [1.29, 1.82) is 0 Å². The first-order valence-corrected chi connectivity index (χ1v) is 11.1. The number of pyridine rings is 1. The van der Waals surface area contributed by atoms with Crippen molar-refractivity contribution in [2.24, 2.45) is 0 Å². The smallest absolute Gasteiger partial charge is 0.273 e. The normalized spacial score (nSPS) is 19.0. The lowest BCUT2D eigenvalue weighted by Gasteiger charge is -2.34. The molecule has 0 spiro atoms. The highest BCUT2D eigenvalue weighted by Gasteiger charge is 2.29. The largest absolute Gasteiger partial charge is 0.332 e. The highest BCUT2D eigenvalue weighted by atomic mass is 35.5. The zero-order valence-electron chi connectivity index (χ0n) is 17.4. The third-order valence-corrected chi connectivity index (χ3v) is 7.17. The van der Waals surface area contributed by atoms with Crippen LogP contribution in [0.1, 0.15) is 53.0 Å². The van der Waals surface area contributed by atoms with Gasteiger partial charge < -0.3 is 15.5 Å². The molecule has 5 rings (SSSR count). The Bertz CT molecular complexity index is 1090. The number of H-pyrrole nitrogens is 1. The molecule has 1 aliphatic heterocycles. The monoisotopic (exact) mass is 446 g/mol. The van der Waals surface area contributed by atoms with Crippen LogP contribution in [0.25, 0.3) is 10.1 Å². The number of aryl methyl sites for hydroxylation is 2. The molecule has 0 radical (unpaired) electrons. The summed E-state index contributed by atoms with van der Waals surface area (Å²) in [4.78, 5) is 20.1. The minimum absolute atomic E-state index is 0. The average molecular weight is 447 g/mol. The van der Waals surface area contributed by atoms with E-state index in [4.69, 9.17) is 4.98 Å². The maximum Gasteiger partial charge on any atom is 0.273 e. The van der Waals surface area contributed by atoms with Gasteiger partial charge in [-0.15, -0.1) is 23.7 Å². The SMILES string of the molecule is Cc1c(C(=O)N2CCNC[C@H]2C)nc(Nc2cc(C3CC3)[nH]n2)c2c(C)csc12.Cl. The van der Waals surface area contributed by atoms with E-state index in [9.17, 15) is 4.79 Å². The number of nitrogens with zero attached hydrogens (tertiary/aromatic N) is 3. The zero-order valence-corrected chi connectivity index (χ0v) is 19.0. The van der Waals surface area contributed by atoms with Crippen LogP contribution >= 0.6 is 23.7 Å². The van der Waals surface area contributed by atoms with Gasteiger partial charge in [0.1, 0.15) is 11.5 Å². The van der Waals surface area contributed by atoms with Gasteiger partial charge in [0.25, 0.3) is 5.91 Å². The summed E-state index contributed by atoms with van der Waals surface area (Å²) in [5.41, 5.74) is 3.83. The Morgan fingerprint density at radius 2 is 2.13 bits per heavy atom. The summed E-state index contributed by atoms with van der Waals surface area (Å²) in [6, 6.07) is 2.22. The zero-order chi connectivity index (χ0) is 20.1. The summed E-state index contributed by atoms with van der Waals surface area (Å²) >= 11 is 1.67. The number of carbonyl (C=O) groups is 1.